The molecule has 0 radical (unpaired) electrons. The fourth-order valence-electron chi connectivity index (χ4n) is 1.74. The van der Waals surface area contributed by atoms with Crippen LogP contribution < -0.4 is 5.32 Å². The molecule has 0 aliphatic heterocycles. The van der Waals surface area contributed by atoms with Gasteiger partial charge in [0.1, 0.15) is 5.75 Å². The number of carbonyl (C=O) groups excluding carboxylic acids is 1. The minimum atomic E-state index is -0.128. The third-order valence-corrected chi connectivity index (χ3v) is 2.97. The lowest BCUT2D eigenvalue weighted by atomic mass is 10.1. The van der Waals surface area contributed by atoms with E-state index in [9.17, 15) is 9.90 Å². The van der Waals surface area contributed by atoms with Gasteiger partial charge in [0.2, 0.25) is 0 Å². The number of hydrogen-bond acceptors (Lipinski definition) is 2. The summed E-state index contributed by atoms with van der Waals surface area (Å²) in [6.45, 7) is 0.519. The third-order valence-electron chi connectivity index (χ3n) is 2.72. The lowest BCUT2D eigenvalue weighted by Crippen LogP contribution is -2.25. The number of phenols is 1. The minimum absolute atomic E-state index is 0.128. The molecule has 2 aromatic carbocycles. The predicted molar refractivity (Wildman–Crippen MR) is 75.6 cm³/mol. The Morgan fingerprint density at radius 2 is 1.89 bits per heavy atom. The van der Waals surface area contributed by atoms with Gasteiger partial charge in [0.25, 0.3) is 5.91 Å². The van der Waals surface area contributed by atoms with Crippen LogP contribution in [0.4, 0.5) is 0 Å². The second-order valence-electron chi connectivity index (χ2n) is 4.18. The Hall–Kier alpha value is -2.00. The van der Waals surface area contributed by atoms with Crippen LogP contribution in [0.3, 0.4) is 0 Å². The van der Waals surface area contributed by atoms with Gasteiger partial charge in [0.05, 0.1) is 0 Å². The fourth-order valence-corrected chi connectivity index (χ4v) is 1.86. The van der Waals surface area contributed by atoms with E-state index in [4.69, 9.17) is 11.6 Å². The zero-order valence-corrected chi connectivity index (χ0v) is 11.0. The molecular formula is C15H14ClNO2. The van der Waals surface area contributed by atoms with E-state index in [0.29, 0.717) is 23.6 Å². The van der Waals surface area contributed by atoms with Gasteiger partial charge in [-0.05, 0) is 48.4 Å². The van der Waals surface area contributed by atoms with Crippen LogP contribution in [0.5, 0.6) is 5.75 Å². The van der Waals surface area contributed by atoms with Crippen molar-refractivity contribution in [3.63, 3.8) is 0 Å². The van der Waals surface area contributed by atoms with Crippen molar-refractivity contribution in [1.29, 1.82) is 0 Å². The molecule has 0 aliphatic rings. The van der Waals surface area contributed by atoms with Crippen LogP contribution in [-0.4, -0.2) is 17.6 Å². The van der Waals surface area contributed by atoms with Crippen molar-refractivity contribution < 1.29 is 9.90 Å². The number of halogens is 1. The first kappa shape index (κ1) is 13.4. The second kappa shape index (κ2) is 6.25. The number of aromatic hydroxyl groups is 1. The highest BCUT2D eigenvalue weighted by atomic mass is 35.5. The molecule has 19 heavy (non-hydrogen) atoms. The summed E-state index contributed by atoms with van der Waals surface area (Å²) in [4.78, 5) is 11.8. The maximum absolute atomic E-state index is 11.8. The van der Waals surface area contributed by atoms with E-state index in [0.717, 1.165) is 5.56 Å². The highest BCUT2D eigenvalue weighted by molar-refractivity contribution is 6.30. The molecule has 1 amide bonds. The first-order valence-electron chi connectivity index (χ1n) is 5.97. The van der Waals surface area contributed by atoms with Crippen molar-refractivity contribution in [2.45, 2.75) is 6.42 Å². The molecule has 0 bridgehead atoms. The van der Waals surface area contributed by atoms with Crippen molar-refractivity contribution in [3.05, 3.63) is 64.7 Å². The van der Waals surface area contributed by atoms with Crippen molar-refractivity contribution in [2.75, 3.05) is 6.54 Å². The number of carbonyl (C=O) groups is 1. The van der Waals surface area contributed by atoms with Crippen LogP contribution in [0.25, 0.3) is 0 Å². The molecule has 0 unspecified atom stereocenters. The molecule has 0 saturated carbocycles. The Morgan fingerprint density at radius 1 is 1.16 bits per heavy atom. The van der Waals surface area contributed by atoms with Gasteiger partial charge in [-0.2, -0.15) is 0 Å². The molecule has 2 aromatic rings. The van der Waals surface area contributed by atoms with Crippen LogP contribution in [0.1, 0.15) is 15.9 Å². The van der Waals surface area contributed by atoms with Crippen molar-refractivity contribution >= 4 is 17.5 Å². The number of phenolic OH excluding ortho intramolecular Hbond substituents is 1. The molecule has 2 N–H and O–H groups in total. The van der Waals surface area contributed by atoms with E-state index in [1.807, 2.05) is 6.07 Å². The van der Waals surface area contributed by atoms with Gasteiger partial charge < -0.3 is 10.4 Å². The number of benzene rings is 2. The van der Waals surface area contributed by atoms with Gasteiger partial charge in [-0.25, -0.2) is 0 Å². The van der Waals surface area contributed by atoms with Crippen LogP contribution in [-0.2, 0) is 6.42 Å². The van der Waals surface area contributed by atoms with Gasteiger partial charge in [-0.1, -0.05) is 23.7 Å². The van der Waals surface area contributed by atoms with Crippen molar-refractivity contribution in [1.82, 2.24) is 5.32 Å². The lowest BCUT2D eigenvalue weighted by molar-refractivity contribution is 0.0954. The topological polar surface area (TPSA) is 49.3 Å². The van der Waals surface area contributed by atoms with Gasteiger partial charge >= 0.3 is 0 Å². The van der Waals surface area contributed by atoms with Gasteiger partial charge in [-0.15, -0.1) is 0 Å². The molecule has 0 spiro atoms. The monoisotopic (exact) mass is 275 g/mol. The molecule has 0 aromatic heterocycles. The summed E-state index contributed by atoms with van der Waals surface area (Å²) < 4.78 is 0. The quantitative estimate of drug-likeness (QED) is 0.901. The first-order chi connectivity index (χ1) is 9.15. The number of amides is 1. The van der Waals surface area contributed by atoms with E-state index < -0.39 is 0 Å². The summed E-state index contributed by atoms with van der Waals surface area (Å²) in [6.07, 6.45) is 0.674. The highest BCUT2D eigenvalue weighted by Gasteiger charge is 2.04. The fraction of sp³-hybridized carbons (Fsp3) is 0.133. The van der Waals surface area contributed by atoms with E-state index in [-0.39, 0.29) is 11.7 Å². The molecule has 0 saturated heterocycles. The average Bonchev–Trinajstić information content (AvgIpc) is 2.39. The summed E-state index contributed by atoms with van der Waals surface area (Å²) in [5.74, 6) is 0.110. The second-order valence-corrected chi connectivity index (χ2v) is 4.62. The largest absolute Gasteiger partial charge is 0.508 e. The zero-order chi connectivity index (χ0) is 13.7. The number of rotatable bonds is 4. The summed E-state index contributed by atoms with van der Waals surface area (Å²) in [5, 5.41) is 12.8. The molecule has 0 fully saturated rings. The Morgan fingerprint density at radius 3 is 2.58 bits per heavy atom. The molecule has 0 aliphatic carbocycles. The van der Waals surface area contributed by atoms with Gasteiger partial charge in [0, 0.05) is 17.1 Å². The predicted octanol–water partition coefficient (Wildman–Crippen LogP) is 3.02. The van der Waals surface area contributed by atoms with Crippen LogP contribution in [0, 0.1) is 0 Å². The maximum Gasteiger partial charge on any atom is 0.251 e. The van der Waals surface area contributed by atoms with Crippen LogP contribution in [0.15, 0.2) is 48.5 Å². The zero-order valence-electron chi connectivity index (χ0n) is 10.3. The SMILES string of the molecule is O=C(NCCc1cccc(O)c1)c1ccc(Cl)cc1. The van der Waals surface area contributed by atoms with E-state index in [1.165, 1.54) is 0 Å². The standard InChI is InChI=1S/C15H14ClNO2/c16-13-6-4-12(5-7-13)15(19)17-9-8-11-2-1-3-14(18)10-11/h1-7,10,18H,8-9H2,(H,17,19). The van der Waals surface area contributed by atoms with Crippen LogP contribution in [0.2, 0.25) is 5.02 Å². The summed E-state index contributed by atoms with van der Waals surface area (Å²) in [7, 11) is 0. The van der Waals surface area contributed by atoms with Gasteiger partial charge in [0.15, 0.2) is 0 Å². The van der Waals surface area contributed by atoms with E-state index in [1.54, 1.807) is 42.5 Å². The molecule has 4 heteroatoms. The summed E-state index contributed by atoms with van der Waals surface area (Å²) in [5.41, 5.74) is 1.57. The Balaban J connectivity index is 1.86. The van der Waals surface area contributed by atoms with Gasteiger partial charge in [-0.3, -0.25) is 4.79 Å². The molecule has 98 valence electrons. The van der Waals surface area contributed by atoms with Crippen LogP contribution >= 0.6 is 11.6 Å². The van der Waals surface area contributed by atoms with E-state index in [2.05, 4.69) is 5.32 Å². The Labute approximate surface area is 116 Å². The average molecular weight is 276 g/mol. The third kappa shape index (κ3) is 4.00. The number of nitrogens with one attached hydrogen (secondary N) is 1. The molecule has 0 heterocycles. The van der Waals surface area contributed by atoms with E-state index >= 15 is 0 Å². The molecule has 3 nitrogen and oxygen atoms in total. The summed E-state index contributed by atoms with van der Waals surface area (Å²) in [6, 6.07) is 13.7. The molecule has 2 rings (SSSR count). The normalized spacial score (nSPS) is 10.2. The lowest BCUT2D eigenvalue weighted by Gasteiger charge is -2.06. The molecule has 0 atom stereocenters. The number of hydrogen-bond donors (Lipinski definition) is 2. The smallest absolute Gasteiger partial charge is 0.251 e. The first-order valence-corrected chi connectivity index (χ1v) is 6.34. The summed E-state index contributed by atoms with van der Waals surface area (Å²) >= 11 is 5.76. The van der Waals surface area contributed by atoms with Crippen molar-refractivity contribution in [3.8, 4) is 5.75 Å². The Bertz CT molecular complexity index is 567. The molecular weight excluding hydrogens is 262 g/mol. The Kier molecular flexibility index (Phi) is 4.42. The minimum Gasteiger partial charge on any atom is -0.508 e. The maximum atomic E-state index is 11.8. The highest BCUT2D eigenvalue weighted by Crippen LogP contribution is 2.11. The van der Waals surface area contributed by atoms with Crippen molar-refractivity contribution in [2.24, 2.45) is 0 Å².